The van der Waals surface area contributed by atoms with E-state index in [1.165, 1.54) is 30.4 Å². The molecule has 0 spiro atoms. The molecule has 0 aliphatic rings. The maximum absolute atomic E-state index is 12.6. The molecule has 2 rings (SSSR count). The van der Waals surface area contributed by atoms with E-state index in [1.54, 1.807) is 43.5 Å². The Hall–Kier alpha value is -2.74. The van der Waals surface area contributed by atoms with Crippen molar-refractivity contribution in [1.82, 2.24) is 4.72 Å². The SMILES string of the molecule is CC(OC(=O)[C@@H](NS(=O)(=O)c1ccccc1)C(C)C)C(=O)Nc1sccc1C#N. The number of ether oxygens (including phenoxy) is 1. The molecular weight excluding hydrogens is 414 g/mol. The van der Waals surface area contributed by atoms with Crippen molar-refractivity contribution in [3.05, 3.63) is 47.3 Å². The topological polar surface area (TPSA) is 125 Å². The van der Waals surface area contributed by atoms with Crippen LogP contribution in [0.1, 0.15) is 26.3 Å². The fourth-order valence-corrected chi connectivity index (χ4v) is 4.39. The summed E-state index contributed by atoms with van der Waals surface area (Å²) in [5.74, 6) is -1.90. The molecule has 2 N–H and O–H groups in total. The van der Waals surface area contributed by atoms with Gasteiger partial charge in [0.05, 0.1) is 10.5 Å². The van der Waals surface area contributed by atoms with Gasteiger partial charge in [-0.3, -0.25) is 9.59 Å². The van der Waals surface area contributed by atoms with Crippen LogP contribution >= 0.6 is 11.3 Å². The number of benzene rings is 1. The minimum absolute atomic E-state index is 0.0194. The third-order valence-electron chi connectivity index (χ3n) is 3.94. The van der Waals surface area contributed by atoms with E-state index in [4.69, 9.17) is 10.00 Å². The van der Waals surface area contributed by atoms with Crippen LogP contribution in [0.2, 0.25) is 0 Å². The Labute approximate surface area is 173 Å². The number of carbonyl (C=O) groups is 2. The Kier molecular flexibility index (Phi) is 7.50. The standard InChI is InChI=1S/C19H21N3O5S2/c1-12(2)16(22-29(25,26)15-7-5-4-6-8-15)19(24)27-13(3)17(23)21-18-14(11-20)9-10-28-18/h4-10,12-13,16,22H,1-3H3,(H,21,23)/t13?,16-/m0/s1. The molecule has 0 fully saturated rings. The van der Waals surface area contributed by atoms with Gasteiger partial charge in [-0.15, -0.1) is 11.3 Å². The number of amides is 1. The van der Waals surface area contributed by atoms with Gasteiger partial charge in [-0.05, 0) is 36.4 Å². The molecule has 0 bridgehead atoms. The highest BCUT2D eigenvalue weighted by atomic mass is 32.2. The van der Waals surface area contributed by atoms with Crippen LogP contribution in [-0.2, 0) is 24.3 Å². The number of anilines is 1. The van der Waals surface area contributed by atoms with Crippen molar-refractivity contribution in [2.24, 2.45) is 5.92 Å². The quantitative estimate of drug-likeness (QED) is 0.614. The normalized spacial score (nSPS) is 13.3. The number of thiophene rings is 1. The molecule has 1 amide bonds. The van der Waals surface area contributed by atoms with E-state index >= 15 is 0 Å². The third kappa shape index (κ3) is 5.87. The lowest BCUT2D eigenvalue weighted by Gasteiger charge is -2.22. The van der Waals surface area contributed by atoms with Crippen molar-refractivity contribution in [3.8, 4) is 6.07 Å². The molecular formula is C19H21N3O5S2. The number of rotatable bonds is 8. The summed E-state index contributed by atoms with van der Waals surface area (Å²) >= 11 is 1.17. The minimum atomic E-state index is -3.94. The van der Waals surface area contributed by atoms with Gasteiger partial charge < -0.3 is 10.1 Å². The summed E-state index contributed by atoms with van der Waals surface area (Å²) in [7, 11) is -3.94. The number of hydrogen-bond donors (Lipinski definition) is 2. The largest absolute Gasteiger partial charge is 0.451 e. The van der Waals surface area contributed by atoms with Gasteiger partial charge in [0.2, 0.25) is 10.0 Å². The Balaban J connectivity index is 2.07. The number of sulfonamides is 1. The molecule has 1 unspecified atom stereocenters. The Morgan fingerprint density at radius 2 is 1.79 bits per heavy atom. The van der Waals surface area contributed by atoms with Gasteiger partial charge in [0.15, 0.2) is 6.10 Å². The van der Waals surface area contributed by atoms with Crippen LogP contribution in [-0.4, -0.2) is 32.4 Å². The third-order valence-corrected chi connectivity index (χ3v) is 6.23. The van der Waals surface area contributed by atoms with E-state index < -0.39 is 40.0 Å². The van der Waals surface area contributed by atoms with Gasteiger partial charge in [-0.1, -0.05) is 32.0 Å². The molecule has 2 atom stereocenters. The summed E-state index contributed by atoms with van der Waals surface area (Å²) in [5.41, 5.74) is 0.303. The summed E-state index contributed by atoms with van der Waals surface area (Å²) in [6.07, 6.45) is -1.18. The van der Waals surface area contributed by atoms with Crippen LogP contribution < -0.4 is 10.0 Å². The van der Waals surface area contributed by atoms with E-state index in [0.29, 0.717) is 10.6 Å². The maximum atomic E-state index is 12.6. The molecule has 0 radical (unpaired) electrons. The lowest BCUT2D eigenvalue weighted by Crippen LogP contribution is -2.47. The van der Waals surface area contributed by atoms with Crippen molar-refractivity contribution in [2.45, 2.75) is 37.8 Å². The summed E-state index contributed by atoms with van der Waals surface area (Å²) in [6, 6.07) is 9.98. The fraction of sp³-hybridized carbons (Fsp3) is 0.316. The Morgan fingerprint density at radius 1 is 1.14 bits per heavy atom. The van der Waals surface area contributed by atoms with Gasteiger partial charge in [-0.2, -0.15) is 9.98 Å². The molecule has 8 nitrogen and oxygen atoms in total. The van der Waals surface area contributed by atoms with Crippen LogP contribution in [0.3, 0.4) is 0 Å². The second-order valence-electron chi connectivity index (χ2n) is 6.50. The Morgan fingerprint density at radius 3 is 2.38 bits per heavy atom. The zero-order chi connectivity index (χ0) is 21.6. The van der Waals surface area contributed by atoms with Gasteiger partial charge in [0.25, 0.3) is 5.91 Å². The second kappa shape index (κ2) is 9.65. The van der Waals surface area contributed by atoms with E-state index in [9.17, 15) is 18.0 Å². The molecule has 154 valence electrons. The zero-order valence-electron chi connectivity index (χ0n) is 16.1. The molecule has 0 aliphatic heterocycles. The summed E-state index contributed by atoms with van der Waals surface area (Å²) in [4.78, 5) is 24.9. The molecule has 1 heterocycles. The average molecular weight is 436 g/mol. The minimum Gasteiger partial charge on any atom is -0.451 e. The van der Waals surface area contributed by atoms with Gasteiger partial charge in [0.1, 0.15) is 17.1 Å². The number of esters is 1. The number of nitrogens with one attached hydrogen (secondary N) is 2. The Bertz CT molecular complexity index is 1010. The van der Waals surface area contributed by atoms with E-state index in [0.717, 1.165) is 0 Å². The van der Waals surface area contributed by atoms with Gasteiger partial charge in [0, 0.05) is 0 Å². The van der Waals surface area contributed by atoms with Crippen molar-refractivity contribution in [2.75, 3.05) is 5.32 Å². The zero-order valence-corrected chi connectivity index (χ0v) is 17.7. The summed E-state index contributed by atoms with van der Waals surface area (Å²) in [5, 5.41) is 13.5. The predicted molar refractivity (Wildman–Crippen MR) is 109 cm³/mol. The van der Waals surface area contributed by atoms with E-state index in [2.05, 4.69) is 10.0 Å². The van der Waals surface area contributed by atoms with Crippen molar-refractivity contribution >= 4 is 38.2 Å². The molecule has 1 aromatic carbocycles. The van der Waals surface area contributed by atoms with E-state index in [-0.39, 0.29) is 4.90 Å². The molecule has 10 heteroatoms. The maximum Gasteiger partial charge on any atom is 0.325 e. The molecule has 1 aromatic heterocycles. The van der Waals surface area contributed by atoms with Crippen LogP contribution in [0.4, 0.5) is 5.00 Å². The van der Waals surface area contributed by atoms with Crippen molar-refractivity contribution in [1.29, 1.82) is 5.26 Å². The van der Waals surface area contributed by atoms with Crippen LogP contribution in [0.25, 0.3) is 0 Å². The van der Waals surface area contributed by atoms with E-state index in [1.807, 2.05) is 6.07 Å². The highest BCUT2D eigenvalue weighted by molar-refractivity contribution is 7.89. The van der Waals surface area contributed by atoms with Crippen molar-refractivity contribution < 1.29 is 22.7 Å². The molecule has 0 saturated carbocycles. The molecule has 29 heavy (non-hydrogen) atoms. The lowest BCUT2D eigenvalue weighted by molar-refractivity contribution is -0.155. The van der Waals surface area contributed by atoms with Gasteiger partial charge in [-0.25, -0.2) is 8.42 Å². The number of nitriles is 1. The number of hydrogen-bond acceptors (Lipinski definition) is 7. The molecule has 0 saturated heterocycles. The number of nitrogens with zero attached hydrogens (tertiary/aromatic N) is 1. The van der Waals surface area contributed by atoms with Crippen LogP contribution in [0.5, 0.6) is 0 Å². The van der Waals surface area contributed by atoms with Crippen molar-refractivity contribution in [3.63, 3.8) is 0 Å². The average Bonchev–Trinajstić information content (AvgIpc) is 3.13. The van der Waals surface area contributed by atoms with Crippen LogP contribution in [0, 0.1) is 17.2 Å². The molecule has 2 aromatic rings. The first-order valence-electron chi connectivity index (χ1n) is 8.72. The highest BCUT2D eigenvalue weighted by Gasteiger charge is 2.32. The summed E-state index contributed by atoms with van der Waals surface area (Å²) < 4.78 is 32.6. The second-order valence-corrected chi connectivity index (χ2v) is 9.13. The lowest BCUT2D eigenvalue weighted by atomic mass is 10.1. The predicted octanol–water partition coefficient (Wildman–Crippen LogP) is 2.49. The first-order valence-corrected chi connectivity index (χ1v) is 11.1. The fourth-order valence-electron chi connectivity index (χ4n) is 2.30. The summed E-state index contributed by atoms with van der Waals surface area (Å²) in [6.45, 7) is 4.69. The molecule has 0 aliphatic carbocycles. The van der Waals surface area contributed by atoms with Crippen LogP contribution in [0.15, 0.2) is 46.7 Å². The first kappa shape index (κ1) is 22.5. The van der Waals surface area contributed by atoms with Gasteiger partial charge >= 0.3 is 5.97 Å². The first-order chi connectivity index (χ1) is 13.7. The highest BCUT2D eigenvalue weighted by Crippen LogP contribution is 2.22. The monoisotopic (exact) mass is 435 g/mol. The smallest absolute Gasteiger partial charge is 0.325 e. The number of carbonyl (C=O) groups excluding carboxylic acids is 2.